The highest BCUT2D eigenvalue weighted by Crippen LogP contribution is 2.30. The quantitative estimate of drug-likeness (QED) is 0.388. The summed E-state index contributed by atoms with van der Waals surface area (Å²) < 4.78 is 41.3. The molecule has 0 unspecified atom stereocenters. The number of amides is 2. The molecule has 4 N–H and O–H groups in total. The van der Waals surface area contributed by atoms with E-state index in [1.54, 1.807) is 48.7 Å². The predicted molar refractivity (Wildman–Crippen MR) is 124 cm³/mol. The van der Waals surface area contributed by atoms with Gasteiger partial charge in [0.1, 0.15) is 5.69 Å². The molecule has 35 heavy (non-hydrogen) atoms. The highest BCUT2D eigenvalue weighted by Gasteiger charge is 2.36. The van der Waals surface area contributed by atoms with Crippen LogP contribution >= 0.6 is 0 Å². The van der Waals surface area contributed by atoms with Gasteiger partial charge in [0.25, 0.3) is 5.91 Å². The van der Waals surface area contributed by atoms with Gasteiger partial charge in [-0.2, -0.15) is 18.3 Å². The van der Waals surface area contributed by atoms with Gasteiger partial charge in [-0.15, -0.1) is 0 Å². The second kappa shape index (κ2) is 9.55. The topological polar surface area (TPSA) is 115 Å². The summed E-state index contributed by atoms with van der Waals surface area (Å²) in [5.41, 5.74) is 5.94. The number of fused-ring (bicyclic) bond motifs is 1. The van der Waals surface area contributed by atoms with E-state index in [4.69, 9.17) is 5.73 Å². The van der Waals surface area contributed by atoms with Gasteiger partial charge in [-0.1, -0.05) is 18.2 Å². The molecular weight excluding hydrogens is 461 g/mol. The number of carbonyl (C=O) groups is 2. The third-order valence-corrected chi connectivity index (χ3v) is 5.13. The number of hydrogen-bond donors (Lipinski definition) is 3. The van der Waals surface area contributed by atoms with Gasteiger partial charge in [-0.25, -0.2) is 4.68 Å². The number of carbonyl (C=O) groups excluding carboxylic acids is 2. The van der Waals surface area contributed by atoms with E-state index >= 15 is 0 Å². The van der Waals surface area contributed by atoms with Crippen LogP contribution in [0.4, 0.5) is 18.9 Å². The third-order valence-electron chi connectivity index (χ3n) is 5.13. The van der Waals surface area contributed by atoms with Crippen molar-refractivity contribution in [3.05, 3.63) is 83.8 Å². The number of nitrogens with two attached hydrogens (primary N) is 1. The molecule has 2 amide bonds. The summed E-state index contributed by atoms with van der Waals surface area (Å²) in [6.07, 6.45) is -3.12. The van der Waals surface area contributed by atoms with Crippen LogP contribution in [-0.2, 0) is 17.5 Å². The average molecular weight is 482 g/mol. The van der Waals surface area contributed by atoms with Crippen molar-refractivity contribution in [1.29, 1.82) is 0 Å². The molecule has 2 aromatic carbocycles. The Balaban J connectivity index is 1.66. The molecule has 0 radical (unpaired) electrons. The first-order valence-corrected chi connectivity index (χ1v) is 10.6. The van der Waals surface area contributed by atoms with E-state index in [9.17, 15) is 22.8 Å². The number of anilines is 1. The molecule has 8 nitrogen and oxygen atoms in total. The first-order valence-electron chi connectivity index (χ1n) is 10.6. The lowest BCUT2D eigenvalue weighted by atomic mass is 10.2. The van der Waals surface area contributed by atoms with Gasteiger partial charge in [0, 0.05) is 29.9 Å². The molecule has 180 valence electrons. The Hall–Kier alpha value is -4.25. The average Bonchev–Trinajstić information content (AvgIpc) is 3.29. The maximum absolute atomic E-state index is 13.5. The Kier molecular flexibility index (Phi) is 6.52. The lowest BCUT2D eigenvalue weighted by Gasteiger charge is -2.11. The standard InChI is InChI=1S/C24H21F3N6O2/c1-14(28)22(34)30-13-15-4-2-6-18(10-15)33-20(12-21(32-33)24(25,26)27)23(35)31-17-7-8-19-16(11-17)5-3-9-29-19/h2-12,14H,13,28H2,1H3,(H,30,34)(H,31,35)/t14-/m0/s1. The van der Waals surface area contributed by atoms with Crippen LogP contribution in [0.1, 0.15) is 28.7 Å². The van der Waals surface area contributed by atoms with Gasteiger partial charge in [0.2, 0.25) is 5.91 Å². The van der Waals surface area contributed by atoms with E-state index in [0.717, 1.165) is 10.1 Å². The summed E-state index contributed by atoms with van der Waals surface area (Å²) in [6, 6.07) is 14.8. The Labute approximate surface area is 198 Å². The molecule has 0 bridgehead atoms. The largest absolute Gasteiger partial charge is 0.435 e. The predicted octanol–water partition coefficient (Wildman–Crippen LogP) is 3.66. The number of aromatic nitrogens is 3. The van der Waals surface area contributed by atoms with Gasteiger partial charge in [0.15, 0.2) is 5.69 Å². The number of halogens is 3. The Morgan fingerprint density at radius 2 is 1.89 bits per heavy atom. The molecule has 4 rings (SSSR count). The molecule has 0 saturated carbocycles. The zero-order valence-electron chi connectivity index (χ0n) is 18.5. The van der Waals surface area contributed by atoms with Crippen LogP contribution in [0.25, 0.3) is 16.6 Å². The number of pyridine rings is 1. The van der Waals surface area contributed by atoms with Gasteiger partial charge in [-0.3, -0.25) is 14.6 Å². The fourth-order valence-electron chi connectivity index (χ4n) is 3.38. The summed E-state index contributed by atoms with van der Waals surface area (Å²) in [4.78, 5) is 29.0. The van der Waals surface area contributed by atoms with E-state index in [2.05, 4.69) is 20.7 Å². The fourth-order valence-corrected chi connectivity index (χ4v) is 3.38. The van der Waals surface area contributed by atoms with Gasteiger partial charge < -0.3 is 16.4 Å². The second-order valence-corrected chi connectivity index (χ2v) is 7.87. The van der Waals surface area contributed by atoms with Crippen molar-refractivity contribution in [2.45, 2.75) is 25.7 Å². The van der Waals surface area contributed by atoms with Crippen LogP contribution in [0.5, 0.6) is 0 Å². The first kappa shape index (κ1) is 23.9. The van der Waals surface area contributed by atoms with Crippen LogP contribution in [-0.4, -0.2) is 32.6 Å². The Morgan fingerprint density at radius 3 is 2.63 bits per heavy atom. The summed E-state index contributed by atoms with van der Waals surface area (Å²) in [6.45, 7) is 1.64. The minimum atomic E-state index is -4.75. The Morgan fingerprint density at radius 1 is 1.09 bits per heavy atom. The minimum Gasteiger partial charge on any atom is -0.351 e. The number of hydrogen-bond acceptors (Lipinski definition) is 5. The van der Waals surface area contributed by atoms with Gasteiger partial charge >= 0.3 is 6.18 Å². The smallest absolute Gasteiger partial charge is 0.351 e. The van der Waals surface area contributed by atoms with Crippen LogP contribution < -0.4 is 16.4 Å². The summed E-state index contributed by atoms with van der Waals surface area (Å²) in [5, 5.41) is 9.66. The van der Waals surface area contributed by atoms with E-state index in [0.29, 0.717) is 22.8 Å². The van der Waals surface area contributed by atoms with Crippen molar-refractivity contribution >= 4 is 28.4 Å². The third kappa shape index (κ3) is 5.46. The van der Waals surface area contributed by atoms with Gasteiger partial charge in [-0.05, 0) is 48.9 Å². The molecular formula is C24H21F3N6O2. The zero-order chi connectivity index (χ0) is 25.2. The van der Waals surface area contributed by atoms with E-state index in [-0.39, 0.29) is 23.8 Å². The van der Waals surface area contributed by atoms with E-state index in [1.165, 1.54) is 19.1 Å². The SMILES string of the molecule is C[C@H](N)C(=O)NCc1cccc(-n2nc(C(F)(F)F)cc2C(=O)Nc2ccc3ncccc3c2)c1. The number of alkyl halides is 3. The molecule has 0 aliphatic carbocycles. The molecule has 0 aliphatic rings. The van der Waals surface area contributed by atoms with Crippen molar-refractivity contribution in [1.82, 2.24) is 20.1 Å². The van der Waals surface area contributed by atoms with Crippen molar-refractivity contribution < 1.29 is 22.8 Å². The first-order chi connectivity index (χ1) is 16.6. The van der Waals surface area contributed by atoms with E-state index < -0.39 is 23.8 Å². The van der Waals surface area contributed by atoms with Crippen LogP contribution in [0, 0.1) is 0 Å². The highest BCUT2D eigenvalue weighted by atomic mass is 19.4. The number of rotatable bonds is 6. The van der Waals surface area contributed by atoms with Crippen molar-refractivity contribution in [3.63, 3.8) is 0 Å². The lowest BCUT2D eigenvalue weighted by Crippen LogP contribution is -2.37. The second-order valence-electron chi connectivity index (χ2n) is 7.87. The van der Waals surface area contributed by atoms with Gasteiger partial charge in [0.05, 0.1) is 17.2 Å². The molecule has 11 heteroatoms. The summed E-state index contributed by atoms with van der Waals surface area (Å²) >= 11 is 0. The Bertz CT molecular complexity index is 1400. The van der Waals surface area contributed by atoms with Crippen molar-refractivity contribution in [2.75, 3.05) is 5.32 Å². The van der Waals surface area contributed by atoms with Crippen molar-refractivity contribution in [3.8, 4) is 5.69 Å². The van der Waals surface area contributed by atoms with Crippen molar-refractivity contribution in [2.24, 2.45) is 5.73 Å². The van der Waals surface area contributed by atoms with E-state index in [1.807, 2.05) is 0 Å². The molecule has 0 spiro atoms. The molecule has 4 aromatic rings. The maximum Gasteiger partial charge on any atom is 0.435 e. The molecule has 2 aromatic heterocycles. The minimum absolute atomic E-state index is 0.105. The molecule has 0 fully saturated rings. The van der Waals surface area contributed by atoms with Crippen LogP contribution in [0.3, 0.4) is 0 Å². The molecule has 0 saturated heterocycles. The maximum atomic E-state index is 13.5. The summed E-state index contributed by atoms with van der Waals surface area (Å²) in [5.74, 6) is -1.15. The number of nitrogens with zero attached hydrogens (tertiary/aromatic N) is 3. The van der Waals surface area contributed by atoms with Crippen LogP contribution in [0.15, 0.2) is 66.9 Å². The number of benzene rings is 2. The molecule has 2 heterocycles. The normalized spacial score (nSPS) is 12.4. The molecule has 1 atom stereocenters. The van der Waals surface area contributed by atoms with Crippen LogP contribution in [0.2, 0.25) is 0 Å². The lowest BCUT2D eigenvalue weighted by molar-refractivity contribution is -0.141. The number of nitrogens with one attached hydrogen (secondary N) is 2. The zero-order valence-corrected chi connectivity index (χ0v) is 18.5. The monoisotopic (exact) mass is 482 g/mol. The fraction of sp³-hybridized carbons (Fsp3) is 0.167. The highest BCUT2D eigenvalue weighted by molar-refractivity contribution is 6.04. The summed E-state index contributed by atoms with van der Waals surface area (Å²) in [7, 11) is 0. The molecule has 0 aliphatic heterocycles.